The SMILES string of the molecule is CCOc1cc([C@H]2C(C(=O)Nc3ccccc3)=C(C)N=c3s/c(=C\c4cc(Cl)c(OCc5ccc(Cl)cc5Cl)c(OC)c4)c(=O)n32)ccc1O. The summed E-state index contributed by atoms with van der Waals surface area (Å²) in [5, 5.41) is 14.6. The number of phenolic OH excluding ortho intramolecular Hbond substituents is 1. The Kier molecular flexibility index (Phi) is 10.5. The monoisotopic (exact) mass is 749 g/mol. The second-order valence-corrected chi connectivity index (χ2v) is 13.4. The van der Waals surface area contributed by atoms with Gasteiger partial charge in [-0.15, -0.1) is 0 Å². The first kappa shape index (κ1) is 35.1. The smallest absolute Gasteiger partial charge is 0.271 e. The zero-order valence-electron chi connectivity index (χ0n) is 27.0. The van der Waals surface area contributed by atoms with Crippen LogP contribution in [0.25, 0.3) is 6.08 Å². The molecule has 5 aromatic rings. The summed E-state index contributed by atoms with van der Waals surface area (Å²) in [4.78, 5) is 33.3. The van der Waals surface area contributed by atoms with Crippen LogP contribution in [0.4, 0.5) is 5.69 Å². The lowest BCUT2D eigenvalue weighted by Gasteiger charge is -2.26. The number of amides is 1. The molecule has 9 nitrogen and oxygen atoms in total. The van der Waals surface area contributed by atoms with Crippen LogP contribution in [0.2, 0.25) is 15.1 Å². The average Bonchev–Trinajstić information content (AvgIpc) is 3.39. The van der Waals surface area contributed by atoms with E-state index in [1.807, 2.05) is 18.2 Å². The van der Waals surface area contributed by atoms with Crippen molar-refractivity contribution in [2.75, 3.05) is 19.0 Å². The molecule has 4 aromatic carbocycles. The highest BCUT2D eigenvalue weighted by molar-refractivity contribution is 7.07. The molecule has 0 aliphatic carbocycles. The van der Waals surface area contributed by atoms with Gasteiger partial charge < -0.3 is 24.6 Å². The molecule has 13 heteroatoms. The third-order valence-electron chi connectivity index (χ3n) is 7.83. The van der Waals surface area contributed by atoms with Crippen LogP contribution in [0.1, 0.15) is 36.6 Å². The van der Waals surface area contributed by atoms with Gasteiger partial charge in [0.25, 0.3) is 11.5 Å². The first-order valence-corrected chi connectivity index (χ1v) is 17.3. The number of fused-ring (bicyclic) bond motifs is 1. The number of aromatic nitrogens is 1. The Morgan fingerprint density at radius 2 is 1.78 bits per heavy atom. The molecular weight excluding hydrogens is 721 g/mol. The predicted octanol–water partition coefficient (Wildman–Crippen LogP) is 7.53. The lowest BCUT2D eigenvalue weighted by atomic mass is 9.94. The standard InChI is InChI=1S/C37H30Cl3N3O6S/c1-4-48-29-17-22(11-13-28(29)44)33-32(35(45)42-25-8-6-5-7-9-25)20(2)41-37-43(33)36(46)31(50-37)16-21-14-27(40)34(30(15-21)47-3)49-19-23-10-12-24(38)18-26(23)39/h5-18,33,44H,4,19H2,1-3H3,(H,42,45)/b31-16-/t33-/m0/s1. The van der Waals surface area contributed by atoms with Crippen molar-refractivity contribution in [2.24, 2.45) is 4.99 Å². The van der Waals surface area contributed by atoms with Crippen molar-refractivity contribution in [3.63, 3.8) is 0 Å². The molecule has 2 N–H and O–H groups in total. The Balaban J connectivity index is 1.42. The fraction of sp³-hybridized carbons (Fsp3) is 0.162. The Labute approximate surface area is 306 Å². The fourth-order valence-electron chi connectivity index (χ4n) is 5.52. The number of nitrogens with zero attached hydrogens (tertiary/aromatic N) is 2. The number of anilines is 1. The summed E-state index contributed by atoms with van der Waals surface area (Å²) in [6, 6.07) is 21.4. The van der Waals surface area contributed by atoms with Crippen LogP contribution in [0.5, 0.6) is 23.0 Å². The lowest BCUT2D eigenvalue weighted by molar-refractivity contribution is -0.113. The minimum absolute atomic E-state index is 0.0616. The van der Waals surface area contributed by atoms with Crippen LogP contribution in [-0.2, 0) is 11.4 Å². The molecule has 0 fully saturated rings. The number of halogens is 3. The van der Waals surface area contributed by atoms with Crippen LogP contribution in [0.15, 0.2) is 99.9 Å². The number of thiazole rings is 1. The van der Waals surface area contributed by atoms with Gasteiger partial charge >= 0.3 is 0 Å². The fourth-order valence-corrected chi connectivity index (χ4v) is 7.31. The molecule has 1 aliphatic rings. The zero-order chi connectivity index (χ0) is 35.5. The Hall–Kier alpha value is -4.74. The third kappa shape index (κ3) is 7.25. The molecule has 0 radical (unpaired) electrons. The molecule has 0 spiro atoms. The molecule has 256 valence electrons. The van der Waals surface area contributed by atoms with Gasteiger partial charge in [0.2, 0.25) is 0 Å². The van der Waals surface area contributed by atoms with Gasteiger partial charge in [-0.1, -0.05) is 76.5 Å². The maximum atomic E-state index is 14.3. The molecule has 1 atom stereocenters. The summed E-state index contributed by atoms with van der Waals surface area (Å²) < 4.78 is 19.1. The van der Waals surface area contributed by atoms with Crippen molar-refractivity contribution in [2.45, 2.75) is 26.5 Å². The van der Waals surface area contributed by atoms with Crippen molar-refractivity contribution >= 4 is 63.8 Å². The molecule has 1 aromatic heterocycles. The molecule has 2 heterocycles. The van der Waals surface area contributed by atoms with Gasteiger partial charge in [-0.2, -0.15) is 0 Å². The predicted molar refractivity (Wildman–Crippen MR) is 197 cm³/mol. The molecule has 1 amide bonds. The van der Waals surface area contributed by atoms with E-state index in [1.165, 1.54) is 29.1 Å². The molecule has 0 bridgehead atoms. The number of para-hydroxylation sites is 1. The number of benzene rings is 4. The van der Waals surface area contributed by atoms with Crippen LogP contribution < -0.4 is 34.4 Å². The van der Waals surface area contributed by atoms with Gasteiger partial charge in [0.15, 0.2) is 27.8 Å². The van der Waals surface area contributed by atoms with Crippen molar-refractivity contribution < 1.29 is 24.1 Å². The van der Waals surface area contributed by atoms with Gasteiger partial charge in [0.05, 0.1) is 40.6 Å². The molecule has 0 saturated carbocycles. The maximum absolute atomic E-state index is 14.3. The van der Waals surface area contributed by atoms with Crippen LogP contribution in [0, 0.1) is 0 Å². The first-order chi connectivity index (χ1) is 24.1. The van der Waals surface area contributed by atoms with E-state index in [0.29, 0.717) is 65.6 Å². The lowest BCUT2D eigenvalue weighted by Crippen LogP contribution is -2.40. The van der Waals surface area contributed by atoms with Crippen LogP contribution >= 0.6 is 46.1 Å². The Morgan fingerprint density at radius 3 is 2.50 bits per heavy atom. The van der Waals surface area contributed by atoms with Crippen molar-refractivity contribution in [1.82, 2.24) is 4.57 Å². The number of nitrogens with one attached hydrogen (secondary N) is 1. The first-order valence-electron chi connectivity index (χ1n) is 15.4. The summed E-state index contributed by atoms with van der Waals surface area (Å²) in [6.07, 6.45) is 1.68. The van der Waals surface area contributed by atoms with Crippen molar-refractivity contribution in [3.05, 3.63) is 142 Å². The third-order valence-corrected chi connectivity index (χ3v) is 9.68. The highest BCUT2D eigenvalue weighted by atomic mass is 35.5. The number of hydrogen-bond donors (Lipinski definition) is 2. The quantitative estimate of drug-likeness (QED) is 0.153. The van der Waals surface area contributed by atoms with Crippen LogP contribution in [0.3, 0.4) is 0 Å². The van der Waals surface area contributed by atoms with E-state index in [0.717, 1.165) is 0 Å². The van der Waals surface area contributed by atoms with E-state index in [4.69, 9.17) is 54.0 Å². The van der Waals surface area contributed by atoms with Gasteiger partial charge in [0, 0.05) is 21.3 Å². The Morgan fingerprint density at radius 1 is 1.00 bits per heavy atom. The van der Waals surface area contributed by atoms with Gasteiger partial charge in [-0.3, -0.25) is 14.2 Å². The highest BCUT2D eigenvalue weighted by Crippen LogP contribution is 2.38. The van der Waals surface area contributed by atoms with E-state index >= 15 is 0 Å². The van der Waals surface area contributed by atoms with Crippen LogP contribution in [-0.4, -0.2) is 29.3 Å². The number of carbonyl (C=O) groups is 1. The summed E-state index contributed by atoms with van der Waals surface area (Å²) >= 11 is 20.2. The maximum Gasteiger partial charge on any atom is 0.271 e. The van der Waals surface area contributed by atoms with E-state index < -0.39 is 11.9 Å². The normalized spacial score (nSPS) is 14.2. The minimum Gasteiger partial charge on any atom is -0.504 e. The van der Waals surface area contributed by atoms with E-state index in [9.17, 15) is 14.7 Å². The topological polar surface area (TPSA) is 111 Å². The Bertz CT molecular complexity index is 2320. The number of allylic oxidation sites excluding steroid dienone is 1. The number of methoxy groups -OCH3 is 1. The number of carbonyl (C=O) groups excluding carboxylic acids is 1. The molecule has 0 saturated heterocycles. The molecular formula is C37H30Cl3N3O6S. The number of hydrogen-bond acceptors (Lipinski definition) is 8. The van der Waals surface area contributed by atoms with Gasteiger partial charge in [-0.25, -0.2) is 4.99 Å². The summed E-state index contributed by atoms with van der Waals surface area (Å²) in [5.41, 5.74) is 2.76. The molecule has 1 aliphatic heterocycles. The number of rotatable bonds is 10. The molecule has 0 unspecified atom stereocenters. The van der Waals surface area contributed by atoms with Gasteiger partial charge in [-0.05, 0) is 79.6 Å². The summed E-state index contributed by atoms with van der Waals surface area (Å²) in [6.45, 7) is 3.95. The minimum atomic E-state index is -0.884. The van der Waals surface area contributed by atoms with E-state index in [2.05, 4.69) is 5.32 Å². The number of phenols is 1. The summed E-state index contributed by atoms with van der Waals surface area (Å²) in [5.74, 6) is 0.402. The van der Waals surface area contributed by atoms with Crippen molar-refractivity contribution in [1.29, 1.82) is 0 Å². The number of ether oxygens (including phenoxy) is 3. The largest absolute Gasteiger partial charge is 0.504 e. The van der Waals surface area contributed by atoms with Gasteiger partial charge in [0.1, 0.15) is 6.61 Å². The average molecular weight is 751 g/mol. The summed E-state index contributed by atoms with van der Waals surface area (Å²) in [7, 11) is 1.49. The molecule has 6 rings (SSSR count). The van der Waals surface area contributed by atoms with E-state index in [-0.39, 0.29) is 34.3 Å². The zero-order valence-corrected chi connectivity index (χ0v) is 30.1. The second-order valence-electron chi connectivity index (χ2n) is 11.1. The second kappa shape index (κ2) is 15.0. The molecule has 50 heavy (non-hydrogen) atoms. The number of aromatic hydroxyl groups is 1. The highest BCUT2D eigenvalue weighted by Gasteiger charge is 2.33. The van der Waals surface area contributed by atoms with E-state index in [1.54, 1.807) is 74.5 Å². The van der Waals surface area contributed by atoms with Crippen molar-refractivity contribution in [3.8, 4) is 23.0 Å².